The fraction of sp³-hybridized carbons (Fsp3) is 0.360. The summed E-state index contributed by atoms with van der Waals surface area (Å²) in [7, 11) is -0.530. The smallest absolute Gasteiger partial charge is 0.276 e. The molecule has 0 saturated carbocycles. The van der Waals surface area contributed by atoms with Crippen LogP contribution in [0.25, 0.3) is 11.3 Å². The summed E-state index contributed by atoms with van der Waals surface area (Å²) < 4.78 is 43.6. The third-order valence-electron chi connectivity index (χ3n) is 6.11. The van der Waals surface area contributed by atoms with Crippen LogP contribution in [0.1, 0.15) is 35.8 Å². The van der Waals surface area contributed by atoms with Crippen LogP contribution < -0.4 is 9.47 Å². The Morgan fingerprint density at radius 3 is 2.26 bits per heavy atom. The minimum atomic E-state index is -3.63. The molecule has 0 atom stereocenters. The van der Waals surface area contributed by atoms with Gasteiger partial charge in [-0.15, -0.1) is 0 Å². The van der Waals surface area contributed by atoms with Gasteiger partial charge in [0.05, 0.1) is 24.7 Å². The lowest BCUT2D eigenvalue weighted by molar-refractivity contribution is 0.0687. The zero-order valence-electron chi connectivity index (χ0n) is 20.2. The Morgan fingerprint density at radius 2 is 1.66 bits per heavy atom. The molecule has 35 heavy (non-hydrogen) atoms. The molecule has 0 bridgehead atoms. The Balaban J connectivity index is 1.44. The summed E-state index contributed by atoms with van der Waals surface area (Å²) in [5, 5.41) is 3.94. The van der Waals surface area contributed by atoms with E-state index in [1.54, 1.807) is 55.5 Å². The van der Waals surface area contributed by atoms with Crippen LogP contribution in [0.4, 0.5) is 0 Å². The molecule has 3 aromatic rings. The fourth-order valence-electron chi connectivity index (χ4n) is 3.98. The minimum Gasteiger partial charge on any atom is -0.497 e. The van der Waals surface area contributed by atoms with Crippen LogP contribution in [0.5, 0.6) is 11.5 Å². The zero-order valence-corrected chi connectivity index (χ0v) is 21.0. The molecule has 0 aliphatic carbocycles. The molecule has 2 aromatic carbocycles. The van der Waals surface area contributed by atoms with Crippen molar-refractivity contribution in [2.45, 2.75) is 24.7 Å². The molecule has 2 heterocycles. The fourth-order valence-corrected chi connectivity index (χ4v) is 5.40. The standard InChI is InChI=1S/C25H29N3O6S/c1-17(2)18-5-8-20(9-6-18)35(30,31)28-13-11-27(12-14-28)25(29)22-16-24(34-26-22)21-15-19(32-3)7-10-23(21)33-4/h5-10,15-17H,11-14H2,1-4H3. The van der Waals surface area contributed by atoms with Gasteiger partial charge in [-0.3, -0.25) is 4.79 Å². The van der Waals surface area contributed by atoms with Gasteiger partial charge in [0.25, 0.3) is 5.91 Å². The second kappa shape index (κ2) is 10.1. The quantitative estimate of drug-likeness (QED) is 0.489. The monoisotopic (exact) mass is 499 g/mol. The molecule has 186 valence electrons. The van der Waals surface area contributed by atoms with Gasteiger partial charge in [0.15, 0.2) is 11.5 Å². The Hall–Kier alpha value is -3.37. The summed E-state index contributed by atoms with van der Waals surface area (Å²) in [5.41, 5.74) is 1.83. The van der Waals surface area contributed by atoms with E-state index in [1.807, 2.05) is 12.1 Å². The summed E-state index contributed by atoms with van der Waals surface area (Å²) in [5.74, 6) is 1.54. The average molecular weight is 500 g/mol. The molecule has 0 unspecified atom stereocenters. The molecule has 0 N–H and O–H groups in total. The van der Waals surface area contributed by atoms with Crippen molar-refractivity contribution in [3.63, 3.8) is 0 Å². The van der Waals surface area contributed by atoms with Crippen LogP contribution in [-0.2, 0) is 10.0 Å². The van der Waals surface area contributed by atoms with E-state index in [0.717, 1.165) is 5.56 Å². The van der Waals surface area contributed by atoms with Gasteiger partial charge in [-0.2, -0.15) is 4.31 Å². The lowest BCUT2D eigenvalue weighted by Crippen LogP contribution is -2.50. The lowest BCUT2D eigenvalue weighted by Gasteiger charge is -2.33. The van der Waals surface area contributed by atoms with Gasteiger partial charge in [-0.1, -0.05) is 31.1 Å². The number of hydrogen-bond donors (Lipinski definition) is 0. The van der Waals surface area contributed by atoms with Crippen molar-refractivity contribution in [2.75, 3.05) is 40.4 Å². The first-order valence-electron chi connectivity index (χ1n) is 11.3. The van der Waals surface area contributed by atoms with Crippen LogP contribution in [0, 0.1) is 0 Å². The van der Waals surface area contributed by atoms with Crippen LogP contribution in [0.3, 0.4) is 0 Å². The van der Waals surface area contributed by atoms with E-state index in [2.05, 4.69) is 19.0 Å². The number of amides is 1. The third-order valence-corrected chi connectivity index (χ3v) is 8.02. The maximum atomic E-state index is 13.1. The Kier molecular flexibility index (Phi) is 7.13. The van der Waals surface area contributed by atoms with E-state index >= 15 is 0 Å². The number of aromatic nitrogens is 1. The van der Waals surface area contributed by atoms with Crippen molar-refractivity contribution in [3.05, 3.63) is 59.8 Å². The molecule has 1 saturated heterocycles. The maximum Gasteiger partial charge on any atom is 0.276 e. The van der Waals surface area contributed by atoms with Gasteiger partial charge in [0, 0.05) is 32.2 Å². The number of benzene rings is 2. The largest absolute Gasteiger partial charge is 0.497 e. The number of carbonyl (C=O) groups excluding carboxylic acids is 1. The second-order valence-corrected chi connectivity index (χ2v) is 10.5. The van der Waals surface area contributed by atoms with Gasteiger partial charge < -0.3 is 18.9 Å². The number of rotatable bonds is 7. The van der Waals surface area contributed by atoms with Crippen LogP contribution in [-0.4, -0.2) is 69.1 Å². The van der Waals surface area contributed by atoms with E-state index in [0.29, 0.717) is 28.7 Å². The van der Waals surface area contributed by atoms with Gasteiger partial charge >= 0.3 is 0 Å². The number of methoxy groups -OCH3 is 2. The third kappa shape index (κ3) is 5.03. The van der Waals surface area contributed by atoms with Gasteiger partial charge in [0.1, 0.15) is 11.5 Å². The molecule has 0 spiro atoms. The van der Waals surface area contributed by atoms with E-state index in [9.17, 15) is 13.2 Å². The van der Waals surface area contributed by atoms with Crippen molar-refractivity contribution in [2.24, 2.45) is 0 Å². The zero-order chi connectivity index (χ0) is 25.2. The van der Waals surface area contributed by atoms with Crippen molar-refractivity contribution < 1.29 is 27.2 Å². The molecular formula is C25H29N3O6S. The molecule has 1 fully saturated rings. The highest BCUT2D eigenvalue weighted by molar-refractivity contribution is 7.89. The molecule has 1 amide bonds. The molecular weight excluding hydrogens is 470 g/mol. The highest BCUT2D eigenvalue weighted by atomic mass is 32.2. The number of hydrogen-bond acceptors (Lipinski definition) is 7. The van der Waals surface area contributed by atoms with Gasteiger partial charge in [-0.25, -0.2) is 8.42 Å². The molecule has 4 rings (SSSR count). The SMILES string of the molecule is COc1ccc(OC)c(-c2cc(C(=O)N3CCN(S(=O)(=O)c4ccc(C(C)C)cc4)CC3)no2)c1. The summed E-state index contributed by atoms with van der Waals surface area (Å²) in [6, 6.07) is 13.8. The Morgan fingerprint density at radius 1 is 0.971 bits per heavy atom. The first-order chi connectivity index (χ1) is 16.7. The molecule has 0 radical (unpaired) electrons. The van der Waals surface area contributed by atoms with Crippen molar-refractivity contribution in [1.82, 2.24) is 14.4 Å². The summed E-state index contributed by atoms with van der Waals surface area (Å²) in [6.45, 7) is 5.04. The van der Waals surface area contributed by atoms with Crippen molar-refractivity contribution >= 4 is 15.9 Å². The highest BCUT2D eigenvalue weighted by Crippen LogP contribution is 2.34. The van der Waals surface area contributed by atoms with E-state index in [-0.39, 0.29) is 42.7 Å². The second-order valence-electron chi connectivity index (χ2n) is 8.56. The maximum absolute atomic E-state index is 13.1. The van der Waals surface area contributed by atoms with Gasteiger partial charge in [0.2, 0.25) is 10.0 Å². The number of piperazine rings is 1. The number of nitrogens with zero attached hydrogens (tertiary/aromatic N) is 3. The van der Waals surface area contributed by atoms with E-state index in [1.165, 1.54) is 4.31 Å². The first kappa shape index (κ1) is 24.7. The van der Waals surface area contributed by atoms with Crippen LogP contribution in [0.2, 0.25) is 0 Å². The Labute approximate surface area is 205 Å². The average Bonchev–Trinajstić information content (AvgIpc) is 3.38. The van der Waals surface area contributed by atoms with E-state index < -0.39 is 10.0 Å². The van der Waals surface area contributed by atoms with Crippen molar-refractivity contribution in [3.8, 4) is 22.8 Å². The van der Waals surface area contributed by atoms with Gasteiger partial charge in [-0.05, 0) is 41.8 Å². The van der Waals surface area contributed by atoms with Crippen molar-refractivity contribution in [1.29, 1.82) is 0 Å². The minimum absolute atomic E-state index is 0.144. The highest BCUT2D eigenvalue weighted by Gasteiger charge is 2.31. The molecule has 10 heteroatoms. The molecule has 1 aliphatic heterocycles. The lowest BCUT2D eigenvalue weighted by atomic mass is 10.0. The number of ether oxygens (including phenoxy) is 2. The summed E-state index contributed by atoms with van der Waals surface area (Å²) in [6.07, 6.45) is 0. The Bertz CT molecular complexity index is 1290. The van der Waals surface area contributed by atoms with Crippen LogP contribution >= 0.6 is 0 Å². The predicted octanol–water partition coefficient (Wildman–Crippen LogP) is 3.63. The molecule has 9 nitrogen and oxygen atoms in total. The topological polar surface area (TPSA) is 102 Å². The first-order valence-corrected chi connectivity index (χ1v) is 12.8. The molecule has 1 aliphatic rings. The van der Waals surface area contributed by atoms with E-state index in [4.69, 9.17) is 14.0 Å². The summed E-state index contributed by atoms with van der Waals surface area (Å²) >= 11 is 0. The summed E-state index contributed by atoms with van der Waals surface area (Å²) in [4.78, 5) is 14.9. The van der Waals surface area contributed by atoms with Crippen LogP contribution in [0.15, 0.2) is 57.9 Å². The number of carbonyl (C=O) groups is 1. The number of sulfonamides is 1. The molecule has 1 aromatic heterocycles. The predicted molar refractivity (Wildman–Crippen MR) is 130 cm³/mol. The normalized spacial score (nSPS) is 14.8.